The molecule has 2 N–H and O–H groups in total. The van der Waals surface area contributed by atoms with E-state index in [2.05, 4.69) is 20.8 Å². The van der Waals surface area contributed by atoms with Crippen LogP contribution < -0.4 is 10.6 Å². The number of Topliss-reactive ketones (excluding diaryl/α,β-unsaturated/α-hetero) is 1. The third-order valence-corrected chi connectivity index (χ3v) is 5.82. The van der Waals surface area contributed by atoms with Crippen LogP contribution in [0.1, 0.15) is 28.8 Å². The van der Waals surface area contributed by atoms with Gasteiger partial charge in [0.05, 0.1) is 18.3 Å². The van der Waals surface area contributed by atoms with Gasteiger partial charge in [0.25, 0.3) is 0 Å². The molecule has 0 unspecified atom stereocenters. The van der Waals surface area contributed by atoms with Crippen molar-refractivity contribution in [3.8, 4) is 0 Å². The molecule has 0 spiro atoms. The van der Waals surface area contributed by atoms with Crippen LogP contribution in [0.5, 0.6) is 0 Å². The van der Waals surface area contributed by atoms with E-state index in [1.807, 2.05) is 6.92 Å². The maximum Gasteiger partial charge on any atom is 0.231 e. The maximum absolute atomic E-state index is 12.4. The molecule has 25 heavy (non-hydrogen) atoms. The van der Waals surface area contributed by atoms with Crippen molar-refractivity contribution in [2.24, 2.45) is 0 Å². The Balaban J connectivity index is 1.57. The highest BCUT2D eigenvalue weighted by Gasteiger charge is 2.27. The fourth-order valence-corrected chi connectivity index (χ4v) is 4.07. The molecule has 9 heteroatoms. The minimum atomic E-state index is -0.223. The third-order valence-electron chi connectivity index (χ3n) is 3.81. The second kappa shape index (κ2) is 7.94. The second-order valence-electron chi connectivity index (χ2n) is 5.52. The summed E-state index contributed by atoms with van der Waals surface area (Å²) in [7, 11) is 1.64. The van der Waals surface area contributed by atoms with E-state index in [0.29, 0.717) is 23.8 Å². The predicted octanol–water partition coefficient (Wildman–Crippen LogP) is 2.63. The van der Waals surface area contributed by atoms with Gasteiger partial charge in [-0.15, -0.1) is 10.2 Å². The highest BCUT2D eigenvalue weighted by Crippen LogP contribution is 2.33. The average Bonchev–Trinajstić information content (AvgIpc) is 3.18. The molecular weight excluding hydrogens is 360 g/mol. The number of benzene rings is 1. The molecule has 0 saturated carbocycles. The first-order valence-electron chi connectivity index (χ1n) is 7.75. The number of rotatable bonds is 8. The van der Waals surface area contributed by atoms with Gasteiger partial charge in [-0.25, -0.2) is 0 Å². The van der Waals surface area contributed by atoms with E-state index in [4.69, 9.17) is 4.74 Å². The number of carbonyl (C=O) groups is 2. The van der Waals surface area contributed by atoms with E-state index in [-0.39, 0.29) is 23.4 Å². The number of ketones is 1. The molecule has 0 saturated heterocycles. The van der Waals surface area contributed by atoms with Crippen molar-refractivity contribution in [1.29, 1.82) is 0 Å². The summed E-state index contributed by atoms with van der Waals surface area (Å²) in [5.74, 6) is 0.0282. The molecule has 1 aromatic carbocycles. The van der Waals surface area contributed by atoms with E-state index < -0.39 is 0 Å². The number of nitrogens with zero attached hydrogens (tertiary/aromatic N) is 2. The first-order valence-corrected chi connectivity index (χ1v) is 9.56. The van der Waals surface area contributed by atoms with Crippen LogP contribution in [0.25, 0.3) is 0 Å². The normalized spacial score (nSPS) is 15.8. The van der Waals surface area contributed by atoms with Crippen molar-refractivity contribution < 1.29 is 14.3 Å². The Morgan fingerprint density at radius 3 is 3.08 bits per heavy atom. The maximum atomic E-state index is 12.4. The Bertz CT molecular complexity index is 793. The number of hydrogen-bond donors (Lipinski definition) is 2. The zero-order chi connectivity index (χ0) is 17.8. The summed E-state index contributed by atoms with van der Waals surface area (Å²) in [5.41, 5.74) is 2.27. The minimum absolute atomic E-state index is 0.00319. The molecule has 7 nitrogen and oxygen atoms in total. The smallest absolute Gasteiger partial charge is 0.231 e. The van der Waals surface area contributed by atoms with Crippen LogP contribution in [0.4, 0.5) is 10.8 Å². The molecule has 1 aliphatic rings. The van der Waals surface area contributed by atoms with Crippen LogP contribution in [0.15, 0.2) is 22.5 Å². The Morgan fingerprint density at radius 2 is 2.28 bits per heavy atom. The zero-order valence-corrected chi connectivity index (χ0v) is 15.5. The Morgan fingerprint density at radius 1 is 1.44 bits per heavy atom. The van der Waals surface area contributed by atoms with Crippen LogP contribution in [0.2, 0.25) is 0 Å². The molecule has 0 bridgehead atoms. The van der Waals surface area contributed by atoms with E-state index in [1.165, 1.54) is 23.1 Å². The number of fused-ring (bicyclic) bond motifs is 1. The molecule has 1 atom stereocenters. The number of methoxy groups -OCH3 is 1. The van der Waals surface area contributed by atoms with Crippen molar-refractivity contribution in [2.75, 3.05) is 36.6 Å². The summed E-state index contributed by atoms with van der Waals surface area (Å²) in [4.78, 5) is 24.1. The standard InChI is InChI=1S/C16H18N4O3S2/c1-9-11-7-10(3-4-12(11)18-14(9)22)13(21)8-24-16-20-19-15(25-16)17-5-6-23-2/h3-4,7,9H,5-6,8H2,1-2H3,(H,17,19)(H,18,22)/t9-/m1/s1. The highest BCUT2D eigenvalue weighted by atomic mass is 32.2. The molecule has 1 aliphatic heterocycles. The van der Waals surface area contributed by atoms with Gasteiger partial charge in [0.1, 0.15) is 0 Å². The molecule has 2 heterocycles. The van der Waals surface area contributed by atoms with E-state index >= 15 is 0 Å². The number of thioether (sulfide) groups is 1. The van der Waals surface area contributed by atoms with Gasteiger partial charge in [-0.05, 0) is 30.7 Å². The van der Waals surface area contributed by atoms with Crippen LogP contribution >= 0.6 is 23.1 Å². The Labute approximate surface area is 153 Å². The van der Waals surface area contributed by atoms with Crippen molar-refractivity contribution in [3.63, 3.8) is 0 Å². The summed E-state index contributed by atoms with van der Waals surface area (Å²) in [5, 5.41) is 14.7. The lowest BCUT2D eigenvalue weighted by atomic mass is 9.99. The first-order chi connectivity index (χ1) is 12.1. The fourth-order valence-electron chi connectivity index (χ4n) is 2.40. The number of amides is 1. The lowest BCUT2D eigenvalue weighted by Crippen LogP contribution is -2.08. The molecule has 1 amide bonds. The van der Waals surface area contributed by atoms with Gasteiger partial charge in [0.2, 0.25) is 11.0 Å². The molecule has 0 fully saturated rings. The highest BCUT2D eigenvalue weighted by molar-refractivity contribution is 8.01. The number of nitrogens with one attached hydrogen (secondary N) is 2. The lowest BCUT2D eigenvalue weighted by molar-refractivity contribution is -0.116. The topological polar surface area (TPSA) is 93.2 Å². The molecule has 0 radical (unpaired) electrons. The Hall–Kier alpha value is -1.97. The first kappa shape index (κ1) is 17.8. The van der Waals surface area contributed by atoms with Crippen molar-refractivity contribution >= 4 is 45.6 Å². The van der Waals surface area contributed by atoms with Crippen molar-refractivity contribution in [1.82, 2.24) is 10.2 Å². The van der Waals surface area contributed by atoms with Crippen molar-refractivity contribution in [3.05, 3.63) is 29.3 Å². The number of ether oxygens (including phenoxy) is 1. The van der Waals surface area contributed by atoms with Crippen molar-refractivity contribution in [2.45, 2.75) is 17.2 Å². The number of hydrogen-bond acceptors (Lipinski definition) is 8. The van der Waals surface area contributed by atoms with Gasteiger partial charge in [0, 0.05) is 24.9 Å². The number of aromatic nitrogens is 2. The summed E-state index contributed by atoms with van der Waals surface area (Å²) >= 11 is 2.77. The Kier molecular flexibility index (Phi) is 5.67. The van der Waals surface area contributed by atoms with E-state index in [1.54, 1.807) is 25.3 Å². The third kappa shape index (κ3) is 4.17. The summed E-state index contributed by atoms with van der Waals surface area (Å²) < 4.78 is 5.70. The zero-order valence-electron chi connectivity index (χ0n) is 13.9. The quantitative estimate of drug-likeness (QED) is 0.414. The van der Waals surface area contributed by atoms with E-state index in [0.717, 1.165) is 15.6 Å². The molecule has 1 aromatic heterocycles. The second-order valence-corrected chi connectivity index (χ2v) is 7.72. The van der Waals surface area contributed by atoms with E-state index in [9.17, 15) is 9.59 Å². The van der Waals surface area contributed by atoms with Crippen LogP contribution in [0.3, 0.4) is 0 Å². The summed E-state index contributed by atoms with van der Waals surface area (Å²) in [6.45, 7) is 3.09. The fraction of sp³-hybridized carbons (Fsp3) is 0.375. The average molecular weight is 378 g/mol. The molecule has 2 aromatic rings. The predicted molar refractivity (Wildman–Crippen MR) is 98.8 cm³/mol. The SMILES string of the molecule is COCCNc1nnc(SCC(=O)c2ccc3c(c2)[C@@H](C)C(=O)N3)s1. The van der Waals surface area contributed by atoms with Gasteiger partial charge >= 0.3 is 0 Å². The van der Waals surface area contributed by atoms with Crippen LogP contribution in [-0.4, -0.2) is 47.9 Å². The molecule has 132 valence electrons. The lowest BCUT2D eigenvalue weighted by Gasteiger charge is -2.04. The minimum Gasteiger partial charge on any atom is -0.383 e. The summed E-state index contributed by atoms with van der Waals surface area (Å²) in [6.07, 6.45) is 0. The van der Waals surface area contributed by atoms with Gasteiger partial charge < -0.3 is 15.4 Å². The number of carbonyl (C=O) groups excluding carboxylic acids is 2. The molecule has 0 aliphatic carbocycles. The molecular formula is C16H18N4O3S2. The van der Waals surface area contributed by atoms with Gasteiger partial charge in [-0.1, -0.05) is 23.1 Å². The van der Waals surface area contributed by atoms with Crippen LogP contribution in [-0.2, 0) is 9.53 Å². The monoisotopic (exact) mass is 378 g/mol. The summed E-state index contributed by atoms with van der Waals surface area (Å²) in [6, 6.07) is 5.34. The molecule has 3 rings (SSSR count). The van der Waals surface area contributed by atoms with Gasteiger partial charge in [-0.3, -0.25) is 9.59 Å². The largest absolute Gasteiger partial charge is 0.383 e. The van der Waals surface area contributed by atoms with Gasteiger partial charge in [-0.2, -0.15) is 0 Å². The van der Waals surface area contributed by atoms with Gasteiger partial charge in [0.15, 0.2) is 10.1 Å². The number of anilines is 2. The van der Waals surface area contributed by atoms with Crippen LogP contribution in [0, 0.1) is 0 Å².